The van der Waals surface area contributed by atoms with Gasteiger partial charge in [0.05, 0.1) is 7.11 Å². The molecule has 0 saturated carbocycles. The molecule has 28 heavy (non-hydrogen) atoms. The number of phenolic OH excluding ortho intramolecular Hbond substituents is 1. The lowest BCUT2D eigenvalue weighted by atomic mass is 9.96. The van der Waals surface area contributed by atoms with Crippen molar-refractivity contribution in [1.82, 2.24) is 16.0 Å². The second-order valence-electron chi connectivity index (χ2n) is 7.51. The number of ether oxygens (including phenoxy) is 1. The van der Waals surface area contributed by atoms with Crippen molar-refractivity contribution in [2.45, 2.75) is 31.7 Å². The van der Waals surface area contributed by atoms with Gasteiger partial charge in [-0.15, -0.1) is 0 Å². The topological polar surface area (TPSA) is 82.6 Å². The third-order valence-electron chi connectivity index (χ3n) is 5.49. The van der Waals surface area contributed by atoms with Crippen LogP contribution in [-0.2, 0) is 19.3 Å². The molecule has 1 atom stereocenters. The SMILES string of the molecule is CNC1(CNC(=O)NCCc2ccc(C)cc2OC)Cc2ccc(O)cc2C1. The number of benzene rings is 2. The van der Waals surface area contributed by atoms with Crippen molar-refractivity contribution in [1.29, 1.82) is 0 Å². The van der Waals surface area contributed by atoms with E-state index in [0.29, 0.717) is 19.5 Å². The third kappa shape index (κ3) is 4.57. The molecular weight excluding hydrogens is 354 g/mol. The van der Waals surface area contributed by atoms with Crippen LogP contribution in [0.1, 0.15) is 22.3 Å². The number of phenols is 1. The lowest BCUT2D eigenvalue weighted by Gasteiger charge is -2.29. The number of urea groups is 1. The van der Waals surface area contributed by atoms with Gasteiger partial charge in [0.15, 0.2) is 0 Å². The van der Waals surface area contributed by atoms with Gasteiger partial charge in [-0.25, -0.2) is 4.79 Å². The highest BCUT2D eigenvalue weighted by molar-refractivity contribution is 5.74. The molecule has 0 aliphatic heterocycles. The summed E-state index contributed by atoms with van der Waals surface area (Å²) in [5, 5.41) is 19.0. The van der Waals surface area contributed by atoms with Crippen LogP contribution in [0.5, 0.6) is 11.5 Å². The molecule has 1 unspecified atom stereocenters. The Morgan fingerprint density at radius 2 is 1.93 bits per heavy atom. The smallest absolute Gasteiger partial charge is 0.314 e. The van der Waals surface area contributed by atoms with Gasteiger partial charge in [-0.2, -0.15) is 0 Å². The van der Waals surface area contributed by atoms with Crippen LogP contribution in [0.4, 0.5) is 4.79 Å². The van der Waals surface area contributed by atoms with E-state index in [4.69, 9.17) is 4.74 Å². The van der Waals surface area contributed by atoms with Crippen LogP contribution in [0.3, 0.4) is 0 Å². The first kappa shape index (κ1) is 20.0. The summed E-state index contributed by atoms with van der Waals surface area (Å²) >= 11 is 0. The molecule has 150 valence electrons. The number of aromatic hydroxyl groups is 1. The lowest BCUT2D eigenvalue weighted by molar-refractivity contribution is 0.235. The number of nitrogens with one attached hydrogen (secondary N) is 3. The van der Waals surface area contributed by atoms with Gasteiger partial charge in [0.1, 0.15) is 11.5 Å². The molecule has 3 rings (SSSR count). The summed E-state index contributed by atoms with van der Waals surface area (Å²) in [7, 11) is 3.57. The fourth-order valence-electron chi connectivity index (χ4n) is 3.81. The first-order chi connectivity index (χ1) is 13.4. The molecule has 4 N–H and O–H groups in total. The highest BCUT2D eigenvalue weighted by Crippen LogP contribution is 2.31. The summed E-state index contributed by atoms with van der Waals surface area (Å²) in [6, 6.07) is 11.4. The van der Waals surface area contributed by atoms with E-state index < -0.39 is 0 Å². The number of amides is 2. The van der Waals surface area contributed by atoms with E-state index in [2.05, 4.69) is 16.0 Å². The Labute approximate surface area is 166 Å². The van der Waals surface area contributed by atoms with E-state index in [1.54, 1.807) is 13.2 Å². The maximum absolute atomic E-state index is 12.3. The number of hydrogen-bond donors (Lipinski definition) is 4. The van der Waals surface area contributed by atoms with Crippen molar-refractivity contribution in [2.75, 3.05) is 27.2 Å². The van der Waals surface area contributed by atoms with E-state index in [1.807, 2.05) is 44.3 Å². The van der Waals surface area contributed by atoms with Gasteiger partial charge in [0.2, 0.25) is 0 Å². The Kier molecular flexibility index (Phi) is 6.09. The van der Waals surface area contributed by atoms with E-state index in [9.17, 15) is 9.90 Å². The molecule has 0 aromatic heterocycles. The van der Waals surface area contributed by atoms with Gasteiger partial charge in [0, 0.05) is 18.6 Å². The monoisotopic (exact) mass is 383 g/mol. The Morgan fingerprint density at radius 3 is 2.68 bits per heavy atom. The van der Waals surface area contributed by atoms with Crippen LogP contribution in [0, 0.1) is 6.92 Å². The number of rotatable bonds is 7. The normalized spacial score (nSPS) is 17.8. The van der Waals surface area contributed by atoms with Crippen molar-refractivity contribution in [2.24, 2.45) is 0 Å². The molecule has 2 aromatic carbocycles. The predicted octanol–water partition coefficient (Wildman–Crippen LogP) is 2.31. The second-order valence-corrected chi connectivity index (χ2v) is 7.51. The Bertz CT molecular complexity index is 853. The van der Waals surface area contributed by atoms with Crippen LogP contribution >= 0.6 is 0 Å². The van der Waals surface area contributed by atoms with Crippen LogP contribution in [0.2, 0.25) is 0 Å². The third-order valence-corrected chi connectivity index (χ3v) is 5.49. The molecule has 6 heteroatoms. The summed E-state index contributed by atoms with van der Waals surface area (Å²) in [5.41, 5.74) is 4.33. The van der Waals surface area contributed by atoms with Gasteiger partial charge in [-0.05, 0) is 73.7 Å². The van der Waals surface area contributed by atoms with Crippen molar-refractivity contribution in [3.63, 3.8) is 0 Å². The van der Waals surface area contributed by atoms with E-state index in [-0.39, 0.29) is 17.3 Å². The van der Waals surface area contributed by atoms with Gasteiger partial charge < -0.3 is 25.8 Å². The molecule has 0 bridgehead atoms. The van der Waals surface area contributed by atoms with Gasteiger partial charge in [-0.1, -0.05) is 18.2 Å². The summed E-state index contributed by atoms with van der Waals surface area (Å²) in [4.78, 5) is 12.3. The summed E-state index contributed by atoms with van der Waals surface area (Å²) in [6.07, 6.45) is 2.30. The first-order valence-corrected chi connectivity index (χ1v) is 9.59. The average molecular weight is 383 g/mol. The number of carbonyl (C=O) groups is 1. The van der Waals surface area contributed by atoms with E-state index >= 15 is 0 Å². The zero-order chi connectivity index (χ0) is 20.1. The number of aryl methyl sites for hydroxylation is 1. The Hall–Kier alpha value is -2.73. The minimum Gasteiger partial charge on any atom is -0.508 e. The highest BCUT2D eigenvalue weighted by Gasteiger charge is 2.36. The Balaban J connectivity index is 1.49. The van der Waals surface area contributed by atoms with Crippen LogP contribution in [0.25, 0.3) is 0 Å². The molecule has 6 nitrogen and oxygen atoms in total. The van der Waals surface area contributed by atoms with Gasteiger partial charge in [0.25, 0.3) is 0 Å². The number of carbonyl (C=O) groups excluding carboxylic acids is 1. The lowest BCUT2D eigenvalue weighted by Crippen LogP contribution is -2.54. The molecule has 0 fully saturated rings. The first-order valence-electron chi connectivity index (χ1n) is 9.59. The fraction of sp³-hybridized carbons (Fsp3) is 0.409. The van der Waals surface area contributed by atoms with E-state index in [0.717, 1.165) is 35.3 Å². The number of fused-ring (bicyclic) bond motifs is 1. The Morgan fingerprint density at radius 1 is 1.14 bits per heavy atom. The van der Waals surface area contributed by atoms with Crippen molar-refractivity contribution in [3.05, 3.63) is 58.7 Å². The molecule has 0 heterocycles. The predicted molar refractivity (Wildman–Crippen MR) is 110 cm³/mol. The zero-order valence-electron chi connectivity index (χ0n) is 16.8. The molecule has 0 saturated heterocycles. The maximum atomic E-state index is 12.3. The molecule has 1 aliphatic carbocycles. The summed E-state index contributed by atoms with van der Waals surface area (Å²) in [6.45, 7) is 3.07. The van der Waals surface area contributed by atoms with Gasteiger partial charge in [-0.3, -0.25) is 0 Å². The largest absolute Gasteiger partial charge is 0.508 e. The molecule has 0 radical (unpaired) electrons. The highest BCUT2D eigenvalue weighted by atomic mass is 16.5. The maximum Gasteiger partial charge on any atom is 0.314 e. The van der Waals surface area contributed by atoms with Crippen LogP contribution in [0.15, 0.2) is 36.4 Å². The second kappa shape index (κ2) is 8.52. The molecular formula is C22H29N3O3. The molecule has 0 spiro atoms. The number of likely N-dealkylation sites (N-methyl/N-ethyl adjacent to an activating group) is 1. The van der Waals surface area contributed by atoms with Crippen molar-refractivity contribution < 1.29 is 14.6 Å². The molecule has 1 aliphatic rings. The minimum atomic E-state index is -0.229. The van der Waals surface area contributed by atoms with Gasteiger partial charge >= 0.3 is 6.03 Å². The number of hydrogen-bond acceptors (Lipinski definition) is 4. The zero-order valence-corrected chi connectivity index (χ0v) is 16.8. The molecule has 2 aromatic rings. The fourth-order valence-corrected chi connectivity index (χ4v) is 3.81. The van der Waals surface area contributed by atoms with E-state index in [1.165, 1.54) is 5.56 Å². The van der Waals surface area contributed by atoms with Crippen molar-refractivity contribution in [3.8, 4) is 11.5 Å². The molecule has 2 amide bonds. The summed E-state index contributed by atoms with van der Waals surface area (Å²) in [5.74, 6) is 1.13. The summed E-state index contributed by atoms with van der Waals surface area (Å²) < 4.78 is 5.41. The average Bonchev–Trinajstić information content (AvgIpc) is 3.05. The quantitative estimate of drug-likeness (QED) is 0.591. The van der Waals surface area contributed by atoms with Crippen LogP contribution < -0.4 is 20.7 Å². The minimum absolute atomic E-state index is 0.181. The number of methoxy groups -OCH3 is 1. The standard InChI is InChI=1S/C22H29N3O3/c1-15-4-5-16(20(10-15)28-3)8-9-24-21(27)25-14-22(23-2)12-17-6-7-19(26)11-18(17)13-22/h4-7,10-11,23,26H,8-9,12-14H2,1-3H3,(H2,24,25,27). The van der Waals surface area contributed by atoms with Crippen LogP contribution in [-0.4, -0.2) is 43.9 Å². The van der Waals surface area contributed by atoms with Crippen molar-refractivity contribution >= 4 is 6.03 Å².